The Labute approximate surface area is 102 Å². The van der Waals surface area contributed by atoms with Crippen LogP contribution in [0.2, 0.25) is 0 Å². The monoisotopic (exact) mass is 310 g/mol. The third kappa shape index (κ3) is 18.0. The summed E-state index contributed by atoms with van der Waals surface area (Å²) < 4.78 is 22.2. The number of aliphatic carboxylic acids is 1. The van der Waals surface area contributed by atoms with E-state index in [4.69, 9.17) is 36.1 Å². The number of carbonyl (C=O) groups is 1. The first-order chi connectivity index (χ1) is 7.89. The molecule has 0 aromatic rings. The third-order valence-electron chi connectivity index (χ3n) is 1.25. The Hall–Kier alpha value is -0.350. The molecule has 0 aromatic carbocycles. The molecule has 0 radical (unpaired) electrons. The molecule has 0 bridgehead atoms. The molecular formula is C5H16N2O9P2. The molecule has 0 heterocycles. The van der Waals surface area contributed by atoms with Crippen molar-refractivity contribution in [3.05, 3.63) is 0 Å². The van der Waals surface area contributed by atoms with Gasteiger partial charge in [-0.15, -0.1) is 0 Å². The number of nitrogens with two attached hydrogens (primary N) is 2. The molecule has 1 atom stereocenters. The van der Waals surface area contributed by atoms with Crippen LogP contribution in [-0.2, 0) is 18.2 Å². The topological polar surface area (TPSA) is 214 Å². The second kappa shape index (κ2) is 8.70. The van der Waals surface area contributed by atoms with Crippen LogP contribution in [0.1, 0.15) is 12.8 Å². The van der Waals surface area contributed by atoms with Gasteiger partial charge in [-0.05, 0) is 19.4 Å². The first-order valence-corrected chi connectivity index (χ1v) is 7.46. The van der Waals surface area contributed by atoms with Crippen molar-refractivity contribution in [1.82, 2.24) is 0 Å². The van der Waals surface area contributed by atoms with Crippen molar-refractivity contribution in [3.8, 4) is 0 Å². The standard InChI is InChI=1S/C5H12N2O2.H4O7P2/c6-3-1-2-4(7)5(8)9;1-8(2,3)7-9(4,5)6/h4H,1-3,6-7H2,(H,8,9);(H2,1,2,3)(H2,4,5,6)/t4-;/m0./s1. The van der Waals surface area contributed by atoms with Crippen molar-refractivity contribution in [1.29, 1.82) is 0 Å². The zero-order valence-electron chi connectivity index (χ0n) is 9.12. The molecule has 0 aliphatic rings. The number of carboxylic acid groups (broad SMARTS) is 1. The van der Waals surface area contributed by atoms with Crippen LogP contribution in [0.5, 0.6) is 0 Å². The predicted molar refractivity (Wildman–Crippen MR) is 59.1 cm³/mol. The Morgan fingerprint density at radius 3 is 1.72 bits per heavy atom. The quantitative estimate of drug-likeness (QED) is 0.275. The second-order valence-corrected chi connectivity index (χ2v) is 5.55. The maximum absolute atomic E-state index is 10.0. The van der Waals surface area contributed by atoms with Crippen LogP contribution in [0, 0.1) is 0 Å². The maximum Gasteiger partial charge on any atom is 0.478 e. The second-order valence-electron chi connectivity index (χ2n) is 2.94. The highest BCUT2D eigenvalue weighted by molar-refractivity contribution is 7.60. The fourth-order valence-electron chi connectivity index (χ4n) is 0.600. The molecule has 0 spiro atoms. The largest absolute Gasteiger partial charge is 0.480 e. The van der Waals surface area contributed by atoms with Gasteiger partial charge in [-0.2, -0.15) is 4.31 Å². The van der Waals surface area contributed by atoms with E-state index in [2.05, 4.69) is 4.31 Å². The van der Waals surface area contributed by atoms with Crippen molar-refractivity contribution in [2.24, 2.45) is 11.5 Å². The van der Waals surface area contributed by atoms with Crippen LogP contribution in [0.4, 0.5) is 0 Å². The minimum atomic E-state index is -5.05. The van der Waals surface area contributed by atoms with Gasteiger partial charge in [-0.25, -0.2) is 9.13 Å². The van der Waals surface area contributed by atoms with Crippen LogP contribution in [-0.4, -0.2) is 43.2 Å². The zero-order valence-corrected chi connectivity index (χ0v) is 10.9. The number of hydrogen-bond acceptors (Lipinski definition) is 6. The van der Waals surface area contributed by atoms with Gasteiger partial charge in [0.1, 0.15) is 6.04 Å². The molecule has 0 aliphatic heterocycles. The van der Waals surface area contributed by atoms with E-state index in [-0.39, 0.29) is 0 Å². The molecule has 0 amide bonds. The van der Waals surface area contributed by atoms with Gasteiger partial charge in [0.25, 0.3) is 0 Å². The van der Waals surface area contributed by atoms with Crippen LogP contribution < -0.4 is 11.5 Å². The van der Waals surface area contributed by atoms with E-state index < -0.39 is 27.7 Å². The molecule has 0 aromatic heterocycles. The summed E-state index contributed by atoms with van der Waals surface area (Å²) in [5.74, 6) is -0.955. The molecule has 13 heteroatoms. The fourth-order valence-corrected chi connectivity index (χ4v) is 1.71. The number of hydrogen-bond donors (Lipinski definition) is 7. The van der Waals surface area contributed by atoms with Crippen molar-refractivity contribution >= 4 is 21.6 Å². The lowest BCUT2D eigenvalue weighted by Gasteiger charge is -2.03. The Morgan fingerprint density at radius 2 is 1.56 bits per heavy atom. The average Bonchev–Trinajstić information content (AvgIpc) is 2.08. The highest BCUT2D eigenvalue weighted by Crippen LogP contribution is 2.53. The van der Waals surface area contributed by atoms with E-state index in [0.29, 0.717) is 19.4 Å². The first-order valence-electron chi connectivity index (χ1n) is 4.40. The Balaban J connectivity index is 0. The number of carboxylic acids is 1. The van der Waals surface area contributed by atoms with E-state index in [1.54, 1.807) is 0 Å². The van der Waals surface area contributed by atoms with Gasteiger partial charge in [0.15, 0.2) is 0 Å². The van der Waals surface area contributed by atoms with E-state index in [1.165, 1.54) is 0 Å². The van der Waals surface area contributed by atoms with Crippen molar-refractivity contribution in [2.75, 3.05) is 6.54 Å². The van der Waals surface area contributed by atoms with Crippen molar-refractivity contribution in [3.63, 3.8) is 0 Å². The van der Waals surface area contributed by atoms with E-state index in [1.807, 2.05) is 0 Å². The molecule has 0 saturated heterocycles. The highest BCUT2D eigenvalue weighted by Gasteiger charge is 2.27. The first kappa shape index (κ1) is 20.0. The summed E-state index contributed by atoms with van der Waals surface area (Å²) >= 11 is 0. The van der Waals surface area contributed by atoms with Crippen LogP contribution in [0.3, 0.4) is 0 Å². The summed E-state index contributed by atoms with van der Waals surface area (Å²) in [5, 5.41) is 8.24. The van der Waals surface area contributed by atoms with E-state index in [0.717, 1.165) is 0 Å². The summed E-state index contributed by atoms with van der Waals surface area (Å²) in [4.78, 5) is 41.0. The minimum absolute atomic E-state index is 0.464. The van der Waals surface area contributed by atoms with Crippen LogP contribution in [0.25, 0.3) is 0 Å². The summed E-state index contributed by atoms with van der Waals surface area (Å²) in [6.07, 6.45) is 1.14. The molecule has 18 heavy (non-hydrogen) atoms. The predicted octanol–water partition coefficient (Wildman–Crippen LogP) is -1.67. The molecule has 0 fully saturated rings. The lowest BCUT2D eigenvalue weighted by atomic mass is 10.2. The van der Waals surface area contributed by atoms with Gasteiger partial charge in [0.05, 0.1) is 0 Å². The minimum Gasteiger partial charge on any atom is -0.480 e. The molecule has 0 rings (SSSR count). The number of phosphoric acid groups is 2. The van der Waals surface area contributed by atoms with Gasteiger partial charge in [-0.1, -0.05) is 0 Å². The molecule has 110 valence electrons. The van der Waals surface area contributed by atoms with Crippen LogP contribution >= 0.6 is 15.6 Å². The lowest BCUT2D eigenvalue weighted by Crippen LogP contribution is -2.30. The normalized spacial score (nSPS) is 13.4. The van der Waals surface area contributed by atoms with E-state index >= 15 is 0 Å². The van der Waals surface area contributed by atoms with Gasteiger partial charge >= 0.3 is 21.6 Å². The van der Waals surface area contributed by atoms with Gasteiger partial charge < -0.3 is 36.1 Å². The molecule has 11 nitrogen and oxygen atoms in total. The average molecular weight is 310 g/mol. The molecule has 0 saturated carbocycles. The lowest BCUT2D eigenvalue weighted by molar-refractivity contribution is -0.138. The molecular weight excluding hydrogens is 294 g/mol. The summed E-state index contributed by atoms with van der Waals surface area (Å²) in [6, 6.07) is -0.742. The van der Waals surface area contributed by atoms with E-state index in [9.17, 15) is 13.9 Å². The maximum atomic E-state index is 10.0. The summed E-state index contributed by atoms with van der Waals surface area (Å²) in [5.41, 5.74) is 10.3. The fraction of sp³-hybridized carbons (Fsp3) is 0.800. The summed E-state index contributed by atoms with van der Waals surface area (Å²) in [7, 11) is -10.1. The highest BCUT2D eigenvalue weighted by atomic mass is 31.3. The molecule has 0 unspecified atom stereocenters. The summed E-state index contributed by atoms with van der Waals surface area (Å²) in [6.45, 7) is 0.501. The van der Waals surface area contributed by atoms with Crippen LogP contribution in [0.15, 0.2) is 0 Å². The van der Waals surface area contributed by atoms with Crippen molar-refractivity contribution < 1.29 is 42.9 Å². The Kier molecular flexibility index (Phi) is 9.66. The number of rotatable bonds is 6. The smallest absolute Gasteiger partial charge is 0.478 e. The Morgan fingerprint density at radius 1 is 1.17 bits per heavy atom. The van der Waals surface area contributed by atoms with Gasteiger partial charge in [0, 0.05) is 0 Å². The molecule has 9 N–H and O–H groups in total. The van der Waals surface area contributed by atoms with Gasteiger partial charge in [0.2, 0.25) is 0 Å². The van der Waals surface area contributed by atoms with Gasteiger partial charge in [-0.3, -0.25) is 4.79 Å². The Bertz CT molecular complexity index is 316. The van der Waals surface area contributed by atoms with Crippen molar-refractivity contribution in [2.45, 2.75) is 18.9 Å². The SMILES string of the molecule is NCCC[C@H](N)C(=O)O.O=P(O)(O)OP(=O)(O)O. The third-order valence-corrected chi connectivity index (χ3v) is 2.95. The molecule has 0 aliphatic carbocycles. The zero-order chi connectivity index (χ0) is 15.0.